The van der Waals surface area contributed by atoms with Crippen LogP contribution in [0.1, 0.15) is 75.6 Å². The van der Waals surface area contributed by atoms with Crippen molar-refractivity contribution in [3.63, 3.8) is 0 Å². The minimum absolute atomic E-state index is 0.0228. The summed E-state index contributed by atoms with van der Waals surface area (Å²) in [6, 6.07) is 10.6. The van der Waals surface area contributed by atoms with Crippen LogP contribution < -0.4 is 14.4 Å². The monoisotopic (exact) mass is 504 g/mol. The van der Waals surface area contributed by atoms with Crippen molar-refractivity contribution in [3.8, 4) is 11.5 Å². The van der Waals surface area contributed by atoms with E-state index in [1.807, 2.05) is 37.3 Å². The Labute approximate surface area is 218 Å². The van der Waals surface area contributed by atoms with Crippen LogP contribution in [-0.4, -0.2) is 36.5 Å². The number of ketones is 1. The van der Waals surface area contributed by atoms with Crippen LogP contribution >= 0.6 is 0 Å². The van der Waals surface area contributed by atoms with Gasteiger partial charge in [-0.15, -0.1) is 0 Å². The number of methoxy groups -OCH3 is 1. The molecular weight excluding hydrogens is 468 g/mol. The van der Waals surface area contributed by atoms with Gasteiger partial charge in [0.2, 0.25) is 0 Å². The molecule has 5 rings (SSSR count). The van der Waals surface area contributed by atoms with Gasteiger partial charge < -0.3 is 14.2 Å². The highest BCUT2D eigenvalue weighted by atomic mass is 16.5. The molecule has 1 aliphatic carbocycles. The lowest BCUT2D eigenvalue weighted by Crippen LogP contribution is -2.39. The zero-order valence-electron chi connectivity index (χ0n) is 22.0. The van der Waals surface area contributed by atoms with Crippen LogP contribution in [-0.2, 0) is 14.3 Å². The number of carbonyl (C=O) groups excluding carboxylic acids is 2. The van der Waals surface area contributed by atoms with Gasteiger partial charge in [0.15, 0.2) is 23.0 Å². The molecule has 3 atom stereocenters. The van der Waals surface area contributed by atoms with Crippen LogP contribution in [0.3, 0.4) is 0 Å². The van der Waals surface area contributed by atoms with Gasteiger partial charge in [-0.1, -0.05) is 44.7 Å². The second-order valence-corrected chi connectivity index (χ2v) is 10.2. The Balaban J connectivity index is 1.53. The third-order valence-corrected chi connectivity index (χ3v) is 7.64. The number of ether oxygens (including phenoxy) is 3. The summed E-state index contributed by atoms with van der Waals surface area (Å²) in [7, 11) is 1.61. The van der Waals surface area contributed by atoms with Gasteiger partial charge in [0.1, 0.15) is 11.9 Å². The lowest BCUT2D eigenvalue weighted by molar-refractivity contribution is -0.131. The Kier molecular flexibility index (Phi) is 7.49. The fourth-order valence-electron chi connectivity index (χ4n) is 5.74. The maximum absolute atomic E-state index is 13.9. The molecule has 0 saturated heterocycles. The zero-order chi connectivity index (χ0) is 25.9. The highest BCUT2D eigenvalue weighted by Crippen LogP contribution is 2.49. The topological polar surface area (TPSA) is 78.0 Å². The maximum Gasteiger partial charge on any atom is 0.295 e. The van der Waals surface area contributed by atoms with E-state index in [1.165, 1.54) is 12.8 Å². The number of unbranched alkanes of at least 4 members (excludes halogenated alkanes) is 3. The summed E-state index contributed by atoms with van der Waals surface area (Å²) in [6.07, 6.45) is 7.83. The molecule has 0 bridgehead atoms. The van der Waals surface area contributed by atoms with E-state index in [0.717, 1.165) is 49.8 Å². The van der Waals surface area contributed by atoms with Crippen LogP contribution in [0.5, 0.6) is 11.5 Å². The number of Topliss-reactive ketones (excluding diaryl/α,β-unsaturated/α-hetero) is 1. The van der Waals surface area contributed by atoms with Crippen molar-refractivity contribution in [1.29, 1.82) is 0 Å². The zero-order valence-corrected chi connectivity index (χ0v) is 22.0. The first-order chi connectivity index (χ1) is 18.0. The van der Waals surface area contributed by atoms with Gasteiger partial charge in [-0.2, -0.15) is 0 Å². The van der Waals surface area contributed by atoms with Crippen molar-refractivity contribution in [1.82, 2.24) is 4.98 Å². The number of aromatic nitrogens is 1. The van der Waals surface area contributed by atoms with Crippen molar-refractivity contribution < 1.29 is 23.8 Å². The fraction of sp³-hybridized carbons (Fsp3) is 0.500. The summed E-state index contributed by atoms with van der Waals surface area (Å²) in [6.45, 7) is 4.68. The number of pyridine rings is 1. The average molecular weight is 505 g/mol. The molecule has 3 aliphatic rings. The van der Waals surface area contributed by atoms with E-state index in [4.69, 9.17) is 14.2 Å². The van der Waals surface area contributed by atoms with Gasteiger partial charge in [-0.05, 0) is 62.4 Å². The molecular formula is C30H36N2O5. The Hall–Kier alpha value is -3.35. The van der Waals surface area contributed by atoms with Crippen molar-refractivity contribution in [3.05, 3.63) is 59.0 Å². The number of amides is 1. The number of carbonyl (C=O) groups is 2. The normalized spacial score (nSPS) is 23.0. The van der Waals surface area contributed by atoms with Crippen LogP contribution in [0, 0.1) is 12.8 Å². The van der Waals surface area contributed by atoms with E-state index < -0.39 is 6.04 Å². The van der Waals surface area contributed by atoms with Crippen LogP contribution in [0.4, 0.5) is 5.82 Å². The summed E-state index contributed by atoms with van der Waals surface area (Å²) in [5, 5.41) is 0. The molecule has 2 aromatic rings. The van der Waals surface area contributed by atoms with Crippen molar-refractivity contribution in [2.45, 2.75) is 77.4 Å². The molecule has 0 radical (unpaired) electrons. The number of nitrogens with zero attached hydrogens (tertiary/aromatic N) is 2. The lowest BCUT2D eigenvalue weighted by Gasteiger charge is -2.35. The molecule has 1 aromatic carbocycles. The largest absolute Gasteiger partial charge is 0.493 e. The Morgan fingerprint density at radius 1 is 1.05 bits per heavy atom. The van der Waals surface area contributed by atoms with Gasteiger partial charge in [0, 0.05) is 5.69 Å². The first kappa shape index (κ1) is 25.3. The summed E-state index contributed by atoms with van der Waals surface area (Å²) in [4.78, 5) is 33.9. The van der Waals surface area contributed by atoms with E-state index >= 15 is 0 Å². The fourth-order valence-corrected chi connectivity index (χ4v) is 5.74. The third-order valence-electron chi connectivity index (χ3n) is 7.64. The van der Waals surface area contributed by atoms with Crippen LogP contribution in [0.15, 0.2) is 47.7 Å². The molecule has 3 heterocycles. The SMILES string of the molecule is CCCCCCOc1ccc(C2C3=C(OC4CCCCC4C3=O)C(=O)N2c2cccc(C)n2)cc1OC. The Bertz CT molecular complexity index is 1210. The summed E-state index contributed by atoms with van der Waals surface area (Å²) in [5.74, 6) is 1.41. The lowest BCUT2D eigenvalue weighted by atomic mass is 9.77. The van der Waals surface area contributed by atoms with Crippen LogP contribution in [0.25, 0.3) is 0 Å². The molecule has 2 aliphatic heterocycles. The Morgan fingerprint density at radius 3 is 2.68 bits per heavy atom. The van der Waals surface area contributed by atoms with E-state index in [0.29, 0.717) is 29.5 Å². The molecule has 0 N–H and O–H groups in total. The quantitative estimate of drug-likeness (QED) is 0.398. The second kappa shape index (κ2) is 11.0. The number of fused-ring (bicyclic) bond motifs is 1. The standard InChI is InChI=1S/C30H36N2O5/c1-4-5-6-9-17-36-23-16-15-20(18-24(23)35-3)27-26-28(33)21-12-7-8-13-22(21)37-29(26)30(34)32(27)25-14-10-11-19(2)31-25/h10-11,14-16,18,21-22,27H,4-9,12-13,17H2,1-3H3. The molecule has 1 saturated carbocycles. The molecule has 7 heteroatoms. The smallest absolute Gasteiger partial charge is 0.295 e. The van der Waals surface area contributed by atoms with Crippen molar-refractivity contribution >= 4 is 17.5 Å². The predicted molar refractivity (Wildman–Crippen MR) is 141 cm³/mol. The highest BCUT2D eigenvalue weighted by molar-refractivity contribution is 6.17. The number of hydrogen-bond donors (Lipinski definition) is 0. The van der Waals surface area contributed by atoms with Gasteiger partial charge in [-0.25, -0.2) is 4.98 Å². The first-order valence-electron chi connectivity index (χ1n) is 13.6. The minimum atomic E-state index is -0.639. The molecule has 7 nitrogen and oxygen atoms in total. The average Bonchev–Trinajstić information content (AvgIpc) is 3.21. The number of anilines is 1. The van der Waals surface area contributed by atoms with Gasteiger partial charge in [0.05, 0.1) is 31.2 Å². The number of hydrogen-bond acceptors (Lipinski definition) is 6. The second-order valence-electron chi connectivity index (χ2n) is 10.2. The third kappa shape index (κ3) is 4.83. The van der Waals surface area contributed by atoms with Gasteiger partial charge in [-0.3, -0.25) is 14.5 Å². The highest BCUT2D eigenvalue weighted by Gasteiger charge is 2.52. The number of benzene rings is 1. The number of rotatable bonds is 9. The molecule has 3 unspecified atom stereocenters. The molecule has 196 valence electrons. The van der Waals surface area contributed by atoms with Gasteiger partial charge >= 0.3 is 0 Å². The van der Waals surface area contributed by atoms with E-state index in [2.05, 4.69) is 11.9 Å². The minimum Gasteiger partial charge on any atom is -0.493 e. The van der Waals surface area contributed by atoms with Gasteiger partial charge in [0.25, 0.3) is 5.91 Å². The van der Waals surface area contributed by atoms with E-state index in [9.17, 15) is 9.59 Å². The summed E-state index contributed by atoms with van der Waals surface area (Å²) in [5.41, 5.74) is 1.99. The molecule has 1 fully saturated rings. The number of aryl methyl sites for hydroxylation is 1. The molecule has 1 aromatic heterocycles. The first-order valence-corrected chi connectivity index (χ1v) is 13.6. The Morgan fingerprint density at radius 2 is 1.89 bits per heavy atom. The van der Waals surface area contributed by atoms with E-state index in [1.54, 1.807) is 18.1 Å². The molecule has 0 spiro atoms. The predicted octanol–water partition coefficient (Wildman–Crippen LogP) is 5.86. The van der Waals surface area contributed by atoms with Crippen LogP contribution in [0.2, 0.25) is 0 Å². The summed E-state index contributed by atoms with van der Waals surface area (Å²) < 4.78 is 18.0. The van der Waals surface area contributed by atoms with Crippen molar-refractivity contribution in [2.75, 3.05) is 18.6 Å². The maximum atomic E-state index is 13.9. The molecule has 37 heavy (non-hydrogen) atoms. The molecule has 1 amide bonds. The van der Waals surface area contributed by atoms with Crippen molar-refractivity contribution in [2.24, 2.45) is 5.92 Å². The summed E-state index contributed by atoms with van der Waals surface area (Å²) >= 11 is 0. The van der Waals surface area contributed by atoms with E-state index in [-0.39, 0.29) is 29.5 Å².